The molecule has 0 radical (unpaired) electrons. The van der Waals surface area contributed by atoms with Crippen LogP contribution >= 0.6 is 0 Å². The second-order valence-corrected chi connectivity index (χ2v) is 9.32. The van der Waals surface area contributed by atoms with Crippen LogP contribution < -0.4 is 10.2 Å². The highest BCUT2D eigenvalue weighted by Crippen LogP contribution is 2.38. The van der Waals surface area contributed by atoms with Crippen LogP contribution in [0.4, 0.5) is 38.0 Å². The van der Waals surface area contributed by atoms with Gasteiger partial charge in [0.05, 0.1) is 11.7 Å². The Labute approximate surface area is 213 Å². The van der Waals surface area contributed by atoms with E-state index in [9.17, 15) is 22.0 Å². The second kappa shape index (κ2) is 11.0. The van der Waals surface area contributed by atoms with Crippen LogP contribution in [-0.2, 0) is 4.79 Å². The molecular formula is C25H25F6N5O2. The average Bonchev–Trinajstić information content (AvgIpc) is 3.67. The summed E-state index contributed by atoms with van der Waals surface area (Å²) in [6.45, 7) is 3.10. The molecule has 1 saturated heterocycles. The predicted octanol–water partition coefficient (Wildman–Crippen LogP) is 5.75. The van der Waals surface area contributed by atoms with Gasteiger partial charge >= 0.3 is 12.1 Å². The fraction of sp³-hybridized carbons (Fsp3) is 0.440. The molecule has 5 rings (SSSR count). The molecule has 7 nitrogen and oxygen atoms in total. The number of fused-ring (bicyclic) bond motifs is 1. The summed E-state index contributed by atoms with van der Waals surface area (Å²) in [6.07, 6.45) is -1.49. The average molecular weight is 541 g/mol. The number of rotatable bonds is 5. The number of aliphatic carboxylic acids is 1. The van der Waals surface area contributed by atoms with Crippen molar-refractivity contribution >= 4 is 28.6 Å². The van der Waals surface area contributed by atoms with Gasteiger partial charge in [-0.05, 0) is 50.7 Å². The van der Waals surface area contributed by atoms with Gasteiger partial charge in [0, 0.05) is 36.5 Å². The van der Waals surface area contributed by atoms with E-state index in [1.807, 2.05) is 13.0 Å². The summed E-state index contributed by atoms with van der Waals surface area (Å²) in [7, 11) is 0. The number of anilines is 2. The zero-order valence-corrected chi connectivity index (χ0v) is 20.3. The molecule has 0 amide bonds. The third-order valence-corrected chi connectivity index (χ3v) is 6.34. The summed E-state index contributed by atoms with van der Waals surface area (Å²) < 4.78 is 74.0. The molecule has 1 aliphatic carbocycles. The van der Waals surface area contributed by atoms with Gasteiger partial charge < -0.3 is 15.3 Å². The Bertz CT molecular complexity index is 1310. The van der Waals surface area contributed by atoms with E-state index >= 15 is 4.39 Å². The summed E-state index contributed by atoms with van der Waals surface area (Å²) in [6, 6.07) is 5.40. The third kappa shape index (κ3) is 6.62. The normalized spacial score (nSPS) is 17.1. The number of aromatic nitrogens is 3. The fourth-order valence-corrected chi connectivity index (χ4v) is 4.17. The second-order valence-electron chi connectivity index (χ2n) is 9.32. The van der Waals surface area contributed by atoms with Crippen LogP contribution in [0.5, 0.6) is 0 Å². The van der Waals surface area contributed by atoms with Gasteiger partial charge in [-0.2, -0.15) is 13.2 Å². The number of alkyl halides is 4. The van der Waals surface area contributed by atoms with Crippen LogP contribution in [-0.4, -0.2) is 51.3 Å². The standard InChI is InChI=1S/C23H24F3N5.C2HF3O2/c1-13-10-19-20(12-27-13)30-23(22(29-19)28-16-3-4-16)31-8-6-14(7-9-31)21(26)17-5-2-15(24)11-18(17)25;3-2(4,5)1(6)7/h2,5,10-12,14,16,21H,3-4,6-9H2,1H3,(H,28,29);(H,6,7)/t21-;/m0./s1. The highest BCUT2D eigenvalue weighted by atomic mass is 19.4. The molecule has 1 aliphatic heterocycles. The number of carboxylic acids is 1. The summed E-state index contributed by atoms with van der Waals surface area (Å²) in [5, 5.41) is 10.6. The fourth-order valence-electron chi connectivity index (χ4n) is 4.17. The first-order chi connectivity index (χ1) is 17.9. The summed E-state index contributed by atoms with van der Waals surface area (Å²) in [4.78, 5) is 24.9. The Kier molecular flexibility index (Phi) is 7.93. The molecular weight excluding hydrogens is 516 g/mol. The zero-order chi connectivity index (χ0) is 27.6. The lowest BCUT2D eigenvalue weighted by Crippen LogP contribution is -2.36. The number of aryl methyl sites for hydroxylation is 1. The van der Waals surface area contributed by atoms with Gasteiger partial charge in [-0.25, -0.2) is 27.9 Å². The van der Waals surface area contributed by atoms with Crippen molar-refractivity contribution in [3.63, 3.8) is 0 Å². The van der Waals surface area contributed by atoms with Crippen LogP contribution in [0.3, 0.4) is 0 Å². The molecule has 2 aromatic heterocycles. The van der Waals surface area contributed by atoms with E-state index in [-0.39, 0.29) is 11.5 Å². The van der Waals surface area contributed by atoms with Crippen molar-refractivity contribution in [2.24, 2.45) is 5.92 Å². The van der Waals surface area contributed by atoms with Crippen molar-refractivity contribution in [3.05, 3.63) is 53.4 Å². The summed E-state index contributed by atoms with van der Waals surface area (Å²) >= 11 is 0. The first-order valence-corrected chi connectivity index (χ1v) is 12.0. The number of hydrogen-bond donors (Lipinski definition) is 2. The van der Waals surface area contributed by atoms with E-state index in [1.54, 1.807) is 6.20 Å². The van der Waals surface area contributed by atoms with E-state index in [1.165, 1.54) is 6.07 Å². The van der Waals surface area contributed by atoms with Crippen LogP contribution in [0.2, 0.25) is 0 Å². The molecule has 1 saturated carbocycles. The van der Waals surface area contributed by atoms with Crippen molar-refractivity contribution in [1.29, 1.82) is 0 Å². The lowest BCUT2D eigenvalue weighted by atomic mass is 9.88. The van der Waals surface area contributed by atoms with Crippen molar-refractivity contribution in [2.75, 3.05) is 23.3 Å². The number of carboxylic acid groups (broad SMARTS) is 1. The highest BCUT2D eigenvalue weighted by Gasteiger charge is 2.38. The Morgan fingerprint density at radius 2 is 1.74 bits per heavy atom. The minimum absolute atomic E-state index is 0.0668. The van der Waals surface area contributed by atoms with Gasteiger partial charge in [-0.1, -0.05) is 6.07 Å². The number of nitrogens with zero attached hydrogens (tertiary/aromatic N) is 4. The van der Waals surface area contributed by atoms with Crippen LogP contribution in [0.1, 0.15) is 43.1 Å². The zero-order valence-electron chi connectivity index (χ0n) is 20.3. The number of benzene rings is 1. The molecule has 1 atom stereocenters. The van der Waals surface area contributed by atoms with E-state index in [0.29, 0.717) is 32.0 Å². The Hall–Kier alpha value is -3.64. The Morgan fingerprint density at radius 3 is 2.32 bits per heavy atom. The van der Waals surface area contributed by atoms with Crippen molar-refractivity contribution in [2.45, 2.75) is 51.0 Å². The molecule has 13 heteroatoms. The Morgan fingerprint density at radius 1 is 1.08 bits per heavy atom. The lowest BCUT2D eigenvalue weighted by Gasteiger charge is -2.35. The van der Waals surface area contributed by atoms with Gasteiger partial charge in [0.1, 0.15) is 23.3 Å². The van der Waals surface area contributed by atoms with Crippen molar-refractivity contribution in [1.82, 2.24) is 15.0 Å². The molecule has 1 aromatic carbocycles. The molecule has 0 bridgehead atoms. The topological polar surface area (TPSA) is 91.2 Å². The molecule has 2 aliphatic rings. The maximum Gasteiger partial charge on any atom is 0.490 e. The number of pyridine rings is 1. The maximum absolute atomic E-state index is 15.0. The van der Waals surface area contributed by atoms with Crippen molar-refractivity contribution < 1.29 is 36.2 Å². The summed E-state index contributed by atoms with van der Waals surface area (Å²) in [5.74, 6) is -3.10. The number of nitrogens with one attached hydrogen (secondary N) is 1. The van der Waals surface area contributed by atoms with Gasteiger partial charge in [0.25, 0.3) is 0 Å². The monoisotopic (exact) mass is 541 g/mol. The van der Waals surface area contributed by atoms with Gasteiger partial charge in [-0.3, -0.25) is 4.98 Å². The predicted molar refractivity (Wildman–Crippen MR) is 128 cm³/mol. The van der Waals surface area contributed by atoms with Crippen molar-refractivity contribution in [3.8, 4) is 0 Å². The molecule has 3 aromatic rings. The van der Waals surface area contributed by atoms with Gasteiger partial charge in [0.2, 0.25) is 0 Å². The Balaban J connectivity index is 0.000000426. The first-order valence-electron chi connectivity index (χ1n) is 12.0. The largest absolute Gasteiger partial charge is 0.490 e. The van der Waals surface area contributed by atoms with E-state index in [2.05, 4.69) is 15.2 Å². The minimum Gasteiger partial charge on any atom is -0.475 e. The smallest absolute Gasteiger partial charge is 0.475 e. The van der Waals surface area contributed by atoms with E-state index < -0.39 is 30.0 Å². The first kappa shape index (κ1) is 27.4. The molecule has 204 valence electrons. The number of carbonyl (C=O) groups is 1. The number of halogens is 6. The van der Waals surface area contributed by atoms with E-state index in [4.69, 9.17) is 19.9 Å². The SMILES string of the molecule is Cc1cc2nc(NC3CC3)c(N3CCC([C@H](F)c4ccc(F)cc4F)CC3)nc2cn1.O=C(O)C(F)(F)F. The highest BCUT2D eigenvalue weighted by molar-refractivity contribution is 5.80. The summed E-state index contributed by atoms with van der Waals surface area (Å²) in [5.41, 5.74) is 2.34. The molecule has 3 heterocycles. The van der Waals surface area contributed by atoms with Gasteiger partial charge in [0.15, 0.2) is 11.6 Å². The van der Waals surface area contributed by atoms with Crippen LogP contribution in [0, 0.1) is 24.5 Å². The molecule has 0 unspecified atom stereocenters. The van der Waals surface area contributed by atoms with E-state index in [0.717, 1.165) is 53.3 Å². The number of piperidine rings is 1. The molecule has 2 N–H and O–H groups in total. The third-order valence-electron chi connectivity index (χ3n) is 6.34. The van der Waals surface area contributed by atoms with Crippen LogP contribution in [0.15, 0.2) is 30.5 Å². The maximum atomic E-state index is 15.0. The van der Waals surface area contributed by atoms with Gasteiger partial charge in [-0.15, -0.1) is 0 Å². The quantitative estimate of drug-likeness (QED) is 0.398. The molecule has 0 spiro atoms. The van der Waals surface area contributed by atoms with Crippen LogP contribution in [0.25, 0.3) is 11.0 Å². The molecule has 38 heavy (non-hydrogen) atoms. The molecule has 2 fully saturated rings. The lowest BCUT2D eigenvalue weighted by molar-refractivity contribution is -0.192. The number of hydrogen-bond acceptors (Lipinski definition) is 6. The minimum atomic E-state index is -5.08.